The first-order valence-corrected chi connectivity index (χ1v) is 6.35. The van der Waals surface area contributed by atoms with Crippen LogP contribution in [0.15, 0.2) is 30.3 Å². The SMILES string of the molecule is O=C(NC1CCCC(F)C1)OCc1ccccc1. The first-order chi connectivity index (χ1) is 8.74. The number of nitrogens with one attached hydrogen (secondary N) is 1. The number of alkyl halides is 1. The zero-order chi connectivity index (χ0) is 12.8. The van der Waals surface area contributed by atoms with Crippen LogP contribution in [-0.4, -0.2) is 18.3 Å². The summed E-state index contributed by atoms with van der Waals surface area (Å²) in [5.74, 6) is 0. The molecule has 1 N–H and O–H groups in total. The first kappa shape index (κ1) is 12.9. The zero-order valence-corrected chi connectivity index (χ0v) is 10.3. The van der Waals surface area contributed by atoms with Gasteiger partial charge in [-0.25, -0.2) is 9.18 Å². The van der Waals surface area contributed by atoms with Gasteiger partial charge in [0.15, 0.2) is 0 Å². The largest absolute Gasteiger partial charge is 0.445 e. The number of rotatable bonds is 3. The predicted molar refractivity (Wildman–Crippen MR) is 66.9 cm³/mol. The molecule has 0 spiro atoms. The van der Waals surface area contributed by atoms with E-state index in [0.29, 0.717) is 12.8 Å². The zero-order valence-electron chi connectivity index (χ0n) is 10.3. The third-order valence-corrected chi connectivity index (χ3v) is 3.14. The third kappa shape index (κ3) is 4.02. The molecule has 1 amide bonds. The normalized spacial score (nSPS) is 23.4. The summed E-state index contributed by atoms with van der Waals surface area (Å²) in [6, 6.07) is 9.40. The third-order valence-electron chi connectivity index (χ3n) is 3.14. The molecule has 2 unspecified atom stereocenters. The molecule has 18 heavy (non-hydrogen) atoms. The first-order valence-electron chi connectivity index (χ1n) is 6.35. The molecule has 0 radical (unpaired) electrons. The van der Waals surface area contributed by atoms with Crippen molar-refractivity contribution in [2.24, 2.45) is 0 Å². The molecule has 0 aliphatic heterocycles. The van der Waals surface area contributed by atoms with Gasteiger partial charge in [-0.3, -0.25) is 0 Å². The fourth-order valence-electron chi connectivity index (χ4n) is 2.19. The van der Waals surface area contributed by atoms with Crippen LogP contribution in [-0.2, 0) is 11.3 Å². The highest BCUT2D eigenvalue weighted by Gasteiger charge is 2.23. The molecule has 1 aromatic rings. The number of hydrogen-bond acceptors (Lipinski definition) is 2. The fraction of sp³-hybridized carbons (Fsp3) is 0.500. The molecule has 1 aliphatic rings. The van der Waals surface area contributed by atoms with Crippen LogP contribution in [0, 0.1) is 0 Å². The molecule has 3 nitrogen and oxygen atoms in total. The van der Waals surface area contributed by atoms with Crippen LogP contribution in [0.3, 0.4) is 0 Å². The number of hydrogen-bond donors (Lipinski definition) is 1. The average molecular weight is 251 g/mol. The van der Waals surface area contributed by atoms with E-state index in [2.05, 4.69) is 5.32 Å². The van der Waals surface area contributed by atoms with Crippen LogP contribution in [0.25, 0.3) is 0 Å². The van der Waals surface area contributed by atoms with Crippen molar-refractivity contribution in [3.05, 3.63) is 35.9 Å². The van der Waals surface area contributed by atoms with Gasteiger partial charge in [-0.05, 0) is 31.2 Å². The lowest BCUT2D eigenvalue weighted by molar-refractivity contribution is 0.127. The van der Waals surface area contributed by atoms with Crippen molar-refractivity contribution in [2.75, 3.05) is 0 Å². The second-order valence-electron chi connectivity index (χ2n) is 4.67. The van der Waals surface area contributed by atoms with Crippen LogP contribution in [0.4, 0.5) is 9.18 Å². The molecular formula is C14H18FNO2. The van der Waals surface area contributed by atoms with Crippen LogP contribution in [0.5, 0.6) is 0 Å². The number of alkyl carbamates (subject to hydrolysis) is 1. The highest BCUT2D eigenvalue weighted by atomic mass is 19.1. The minimum atomic E-state index is -0.793. The topological polar surface area (TPSA) is 38.3 Å². The molecule has 98 valence electrons. The van der Waals surface area contributed by atoms with E-state index in [9.17, 15) is 9.18 Å². The monoisotopic (exact) mass is 251 g/mol. The molecule has 1 aliphatic carbocycles. The number of carbonyl (C=O) groups is 1. The molecule has 0 saturated heterocycles. The van der Waals surface area contributed by atoms with Crippen LogP contribution >= 0.6 is 0 Å². The summed E-state index contributed by atoms with van der Waals surface area (Å²) in [5, 5.41) is 2.72. The van der Waals surface area contributed by atoms with Gasteiger partial charge in [0.2, 0.25) is 0 Å². The standard InChI is InChI=1S/C14H18FNO2/c15-12-7-4-8-13(9-12)16-14(17)18-10-11-5-2-1-3-6-11/h1-3,5-6,12-13H,4,7-10H2,(H,16,17). The van der Waals surface area contributed by atoms with Crippen molar-refractivity contribution in [1.29, 1.82) is 0 Å². The second-order valence-corrected chi connectivity index (χ2v) is 4.67. The Morgan fingerprint density at radius 2 is 2.11 bits per heavy atom. The van der Waals surface area contributed by atoms with Crippen molar-refractivity contribution in [2.45, 2.75) is 44.5 Å². The van der Waals surface area contributed by atoms with Crippen molar-refractivity contribution in [3.63, 3.8) is 0 Å². The predicted octanol–water partition coefficient (Wildman–Crippen LogP) is 3.19. The molecular weight excluding hydrogens is 233 g/mol. The van der Waals surface area contributed by atoms with E-state index in [4.69, 9.17) is 4.74 Å². The quantitative estimate of drug-likeness (QED) is 0.896. The highest BCUT2D eigenvalue weighted by Crippen LogP contribution is 2.21. The van der Waals surface area contributed by atoms with Gasteiger partial charge < -0.3 is 10.1 Å². The van der Waals surface area contributed by atoms with Crippen molar-refractivity contribution in [3.8, 4) is 0 Å². The summed E-state index contributed by atoms with van der Waals surface area (Å²) in [7, 11) is 0. The Labute approximate surface area is 106 Å². The van der Waals surface area contributed by atoms with Gasteiger partial charge in [-0.2, -0.15) is 0 Å². The summed E-state index contributed by atoms with van der Waals surface area (Å²) in [6.45, 7) is 0.248. The summed E-state index contributed by atoms with van der Waals surface area (Å²) < 4.78 is 18.2. The smallest absolute Gasteiger partial charge is 0.407 e. The number of amides is 1. The summed E-state index contributed by atoms with van der Waals surface area (Å²) >= 11 is 0. The summed E-state index contributed by atoms with van der Waals surface area (Å²) in [6.07, 6.45) is 1.42. The summed E-state index contributed by atoms with van der Waals surface area (Å²) in [5.41, 5.74) is 0.944. The van der Waals surface area contributed by atoms with E-state index >= 15 is 0 Å². The average Bonchev–Trinajstić information content (AvgIpc) is 2.38. The van der Waals surface area contributed by atoms with Crippen molar-refractivity contribution < 1.29 is 13.9 Å². The molecule has 4 heteroatoms. The minimum absolute atomic E-state index is 0.0861. The molecule has 2 rings (SSSR count). The van der Waals surface area contributed by atoms with Gasteiger partial charge >= 0.3 is 6.09 Å². The second kappa shape index (κ2) is 6.38. The van der Waals surface area contributed by atoms with E-state index in [0.717, 1.165) is 18.4 Å². The Bertz CT molecular complexity index is 383. The van der Waals surface area contributed by atoms with Gasteiger partial charge in [-0.15, -0.1) is 0 Å². The lowest BCUT2D eigenvalue weighted by Gasteiger charge is -2.24. The van der Waals surface area contributed by atoms with E-state index in [1.54, 1.807) is 0 Å². The van der Waals surface area contributed by atoms with Gasteiger partial charge in [0.05, 0.1) is 0 Å². The van der Waals surface area contributed by atoms with Gasteiger partial charge in [0, 0.05) is 6.04 Å². The van der Waals surface area contributed by atoms with Crippen molar-refractivity contribution >= 4 is 6.09 Å². The Morgan fingerprint density at radius 3 is 2.83 bits per heavy atom. The Hall–Kier alpha value is -1.58. The van der Waals surface area contributed by atoms with E-state index in [-0.39, 0.29) is 12.6 Å². The van der Waals surface area contributed by atoms with Crippen molar-refractivity contribution in [1.82, 2.24) is 5.32 Å². The van der Waals surface area contributed by atoms with E-state index in [1.807, 2.05) is 30.3 Å². The maximum absolute atomic E-state index is 13.1. The van der Waals surface area contributed by atoms with Crippen LogP contribution in [0.1, 0.15) is 31.2 Å². The van der Waals surface area contributed by atoms with Crippen LogP contribution in [0.2, 0.25) is 0 Å². The van der Waals surface area contributed by atoms with E-state index < -0.39 is 12.3 Å². The Kier molecular flexibility index (Phi) is 4.56. The molecule has 0 aromatic heterocycles. The Morgan fingerprint density at radius 1 is 1.33 bits per heavy atom. The fourth-order valence-corrected chi connectivity index (χ4v) is 2.19. The molecule has 1 fully saturated rings. The molecule has 0 bridgehead atoms. The van der Waals surface area contributed by atoms with Gasteiger partial charge in [-0.1, -0.05) is 30.3 Å². The molecule has 1 aromatic carbocycles. The highest BCUT2D eigenvalue weighted by molar-refractivity contribution is 5.67. The maximum atomic E-state index is 13.1. The van der Waals surface area contributed by atoms with Gasteiger partial charge in [0.25, 0.3) is 0 Å². The van der Waals surface area contributed by atoms with Crippen LogP contribution < -0.4 is 5.32 Å². The lowest BCUT2D eigenvalue weighted by atomic mass is 9.94. The van der Waals surface area contributed by atoms with E-state index in [1.165, 1.54) is 0 Å². The molecule has 0 heterocycles. The summed E-state index contributed by atoms with van der Waals surface area (Å²) in [4.78, 5) is 11.5. The molecule has 2 atom stereocenters. The number of ether oxygens (including phenoxy) is 1. The number of benzene rings is 1. The number of halogens is 1. The maximum Gasteiger partial charge on any atom is 0.407 e. The van der Waals surface area contributed by atoms with Gasteiger partial charge in [0.1, 0.15) is 12.8 Å². The minimum Gasteiger partial charge on any atom is -0.445 e. The number of carbonyl (C=O) groups excluding carboxylic acids is 1. The molecule has 1 saturated carbocycles. The Balaban J connectivity index is 1.72. The lowest BCUT2D eigenvalue weighted by Crippen LogP contribution is -2.39.